The average Bonchev–Trinajstić information content (AvgIpc) is 3.16. The molecule has 28 heavy (non-hydrogen) atoms. The number of anilines is 2. The number of aryl methyl sites for hydroxylation is 1. The molecule has 0 N–H and O–H groups in total. The van der Waals surface area contributed by atoms with Crippen LogP contribution in [0.25, 0.3) is 22.3 Å². The van der Waals surface area contributed by atoms with Gasteiger partial charge in [-0.25, -0.2) is 9.97 Å². The molecule has 0 aliphatic carbocycles. The second kappa shape index (κ2) is 6.88. The number of hydrogen-bond acceptors (Lipinski definition) is 7. The molecule has 0 amide bonds. The molecular weight excluding hydrogens is 352 g/mol. The first-order chi connectivity index (χ1) is 13.8. The van der Waals surface area contributed by atoms with E-state index < -0.39 is 0 Å². The second-order valence-corrected chi connectivity index (χ2v) is 6.82. The number of rotatable bonds is 3. The van der Waals surface area contributed by atoms with Gasteiger partial charge in [-0.3, -0.25) is 4.68 Å². The summed E-state index contributed by atoms with van der Waals surface area (Å²) in [6.07, 6.45) is 3.45. The van der Waals surface area contributed by atoms with E-state index in [9.17, 15) is 0 Å². The molecular formula is C20H20N8. The summed E-state index contributed by atoms with van der Waals surface area (Å²) in [6.45, 7) is 3.46. The Kier molecular flexibility index (Phi) is 4.08. The van der Waals surface area contributed by atoms with E-state index in [1.165, 1.54) is 0 Å². The first kappa shape index (κ1) is 16.6. The van der Waals surface area contributed by atoms with Crippen LogP contribution >= 0.6 is 0 Å². The van der Waals surface area contributed by atoms with Crippen LogP contribution in [-0.4, -0.2) is 56.1 Å². The van der Waals surface area contributed by atoms with Gasteiger partial charge in [0.25, 0.3) is 0 Å². The van der Waals surface area contributed by atoms with Crippen LogP contribution in [0.3, 0.4) is 0 Å². The molecule has 5 rings (SSSR count). The quantitative estimate of drug-likeness (QED) is 0.545. The molecule has 4 aromatic rings. The summed E-state index contributed by atoms with van der Waals surface area (Å²) in [5.74, 6) is 1.86. The number of benzene rings is 1. The number of hydrogen-bond donors (Lipinski definition) is 0. The molecule has 0 unspecified atom stereocenters. The minimum atomic E-state index is 0.856. The topological polar surface area (TPSA) is 75.9 Å². The van der Waals surface area contributed by atoms with Crippen LogP contribution in [-0.2, 0) is 7.05 Å². The van der Waals surface area contributed by atoms with Gasteiger partial charge in [0.05, 0.1) is 17.3 Å². The fraction of sp³-hybridized carbons (Fsp3) is 0.250. The zero-order valence-electron chi connectivity index (χ0n) is 15.6. The van der Waals surface area contributed by atoms with Gasteiger partial charge in [0.1, 0.15) is 12.1 Å². The third-order valence-corrected chi connectivity index (χ3v) is 5.13. The van der Waals surface area contributed by atoms with Gasteiger partial charge in [0, 0.05) is 38.8 Å². The van der Waals surface area contributed by atoms with Crippen molar-refractivity contribution in [2.75, 3.05) is 36.0 Å². The Bertz CT molecular complexity index is 1080. The molecule has 0 bridgehead atoms. The predicted molar refractivity (Wildman–Crippen MR) is 108 cm³/mol. The van der Waals surface area contributed by atoms with Gasteiger partial charge in [0.15, 0.2) is 11.5 Å². The Labute approximate surface area is 162 Å². The lowest BCUT2D eigenvalue weighted by Crippen LogP contribution is -2.47. The summed E-state index contributed by atoms with van der Waals surface area (Å²) in [5.41, 5.74) is 2.83. The van der Waals surface area contributed by atoms with Gasteiger partial charge < -0.3 is 9.80 Å². The first-order valence-corrected chi connectivity index (χ1v) is 9.31. The van der Waals surface area contributed by atoms with Crippen molar-refractivity contribution < 1.29 is 0 Å². The smallest absolute Gasteiger partial charge is 0.163 e. The Morgan fingerprint density at radius 1 is 0.821 bits per heavy atom. The maximum Gasteiger partial charge on any atom is 0.163 e. The van der Waals surface area contributed by atoms with Crippen molar-refractivity contribution in [1.29, 1.82) is 0 Å². The Balaban J connectivity index is 1.30. The number of fused-ring (bicyclic) bond motifs is 1. The SMILES string of the molecule is Cn1ncc2c(N3CCN(c4ccc(-c5ccccc5)nn4)CC3)ncnc21. The molecule has 1 aromatic carbocycles. The maximum atomic E-state index is 4.50. The van der Waals surface area contributed by atoms with Gasteiger partial charge in [-0.15, -0.1) is 10.2 Å². The highest BCUT2D eigenvalue weighted by atomic mass is 15.3. The minimum absolute atomic E-state index is 0.856. The van der Waals surface area contributed by atoms with Crippen LogP contribution in [0.4, 0.5) is 11.6 Å². The van der Waals surface area contributed by atoms with E-state index in [0.29, 0.717) is 0 Å². The standard InChI is InChI=1S/C20H20N8/c1-26-19-16(13-23-26)20(22-14-21-19)28-11-9-27(10-12-28)18-8-7-17(24-25-18)15-5-3-2-4-6-15/h2-8,13-14H,9-12H2,1H3. The van der Waals surface area contributed by atoms with Crippen molar-refractivity contribution in [3.63, 3.8) is 0 Å². The second-order valence-electron chi connectivity index (χ2n) is 6.82. The molecule has 8 heteroatoms. The molecule has 1 saturated heterocycles. The summed E-state index contributed by atoms with van der Waals surface area (Å²) in [7, 11) is 1.90. The lowest BCUT2D eigenvalue weighted by Gasteiger charge is -2.35. The predicted octanol–water partition coefficient (Wildman–Crippen LogP) is 2.15. The van der Waals surface area contributed by atoms with Crippen molar-refractivity contribution in [1.82, 2.24) is 29.9 Å². The number of piperazine rings is 1. The molecule has 0 atom stereocenters. The lowest BCUT2D eigenvalue weighted by atomic mass is 10.1. The van der Waals surface area contributed by atoms with Crippen molar-refractivity contribution in [2.45, 2.75) is 0 Å². The van der Waals surface area contributed by atoms with E-state index >= 15 is 0 Å². The van der Waals surface area contributed by atoms with Crippen LogP contribution < -0.4 is 9.80 Å². The van der Waals surface area contributed by atoms with Crippen molar-refractivity contribution in [3.8, 4) is 11.3 Å². The van der Waals surface area contributed by atoms with Crippen molar-refractivity contribution in [2.24, 2.45) is 7.05 Å². The Morgan fingerprint density at radius 3 is 2.36 bits per heavy atom. The summed E-state index contributed by atoms with van der Waals surface area (Å²) in [4.78, 5) is 13.4. The van der Waals surface area contributed by atoms with E-state index in [-0.39, 0.29) is 0 Å². The Hall–Kier alpha value is -3.55. The Morgan fingerprint density at radius 2 is 1.61 bits per heavy atom. The summed E-state index contributed by atoms with van der Waals surface area (Å²) >= 11 is 0. The summed E-state index contributed by atoms with van der Waals surface area (Å²) in [5, 5.41) is 14.2. The van der Waals surface area contributed by atoms with E-state index in [1.54, 1.807) is 11.0 Å². The molecule has 4 heterocycles. The van der Waals surface area contributed by atoms with Crippen LogP contribution in [0.5, 0.6) is 0 Å². The largest absolute Gasteiger partial charge is 0.352 e. The third kappa shape index (κ3) is 2.92. The number of nitrogens with zero attached hydrogens (tertiary/aromatic N) is 8. The lowest BCUT2D eigenvalue weighted by molar-refractivity contribution is 0.639. The highest BCUT2D eigenvalue weighted by Gasteiger charge is 2.22. The van der Waals surface area contributed by atoms with E-state index in [2.05, 4.69) is 41.1 Å². The normalized spacial score (nSPS) is 14.6. The fourth-order valence-electron chi connectivity index (χ4n) is 3.61. The molecule has 0 saturated carbocycles. The van der Waals surface area contributed by atoms with Crippen molar-refractivity contribution in [3.05, 3.63) is 55.0 Å². The highest BCUT2D eigenvalue weighted by Crippen LogP contribution is 2.24. The van der Waals surface area contributed by atoms with Gasteiger partial charge in [-0.1, -0.05) is 30.3 Å². The van der Waals surface area contributed by atoms with Crippen LogP contribution in [0.2, 0.25) is 0 Å². The minimum Gasteiger partial charge on any atom is -0.352 e. The van der Waals surface area contributed by atoms with Crippen LogP contribution in [0.1, 0.15) is 0 Å². The van der Waals surface area contributed by atoms with Crippen molar-refractivity contribution >= 4 is 22.7 Å². The zero-order valence-corrected chi connectivity index (χ0v) is 15.6. The average molecular weight is 372 g/mol. The molecule has 140 valence electrons. The van der Waals surface area contributed by atoms with E-state index in [4.69, 9.17) is 0 Å². The van der Waals surface area contributed by atoms with Gasteiger partial charge in [-0.05, 0) is 12.1 Å². The molecule has 8 nitrogen and oxygen atoms in total. The first-order valence-electron chi connectivity index (χ1n) is 9.31. The van der Waals surface area contributed by atoms with E-state index in [0.717, 1.165) is 60.1 Å². The molecule has 3 aromatic heterocycles. The molecule has 1 fully saturated rings. The maximum absolute atomic E-state index is 4.50. The monoisotopic (exact) mass is 372 g/mol. The summed E-state index contributed by atoms with van der Waals surface area (Å²) < 4.78 is 1.78. The summed E-state index contributed by atoms with van der Waals surface area (Å²) in [6, 6.07) is 14.2. The molecule has 0 radical (unpaired) electrons. The highest BCUT2D eigenvalue weighted by molar-refractivity contribution is 5.86. The van der Waals surface area contributed by atoms with Gasteiger partial charge in [-0.2, -0.15) is 5.10 Å². The zero-order chi connectivity index (χ0) is 18.9. The van der Waals surface area contributed by atoms with Gasteiger partial charge >= 0.3 is 0 Å². The van der Waals surface area contributed by atoms with Crippen LogP contribution in [0.15, 0.2) is 55.0 Å². The molecule has 1 aliphatic rings. The third-order valence-electron chi connectivity index (χ3n) is 5.13. The van der Waals surface area contributed by atoms with Gasteiger partial charge in [0.2, 0.25) is 0 Å². The molecule has 1 aliphatic heterocycles. The van der Waals surface area contributed by atoms with E-state index in [1.807, 2.05) is 49.6 Å². The fourth-order valence-corrected chi connectivity index (χ4v) is 3.61. The van der Waals surface area contributed by atoms with Crippen LogP contribution in [0, 0.1) is 0 Å². The molecule has 0 spiro atoms. The number of aromatic nitrogens is 6.